The van der Waals surface area contributed by atoms with Crippen LogP contribution in [0.15, 0.2) is 12.4 Å². The first kappa shape index (κ1) is 10.7. The van der Waals surface area contributed by atoms with Gasteiger partial charge in [-0.15, -0.1) is 0 Å². The monoisotopic (exact) mass is 196 g/mol. The Morgan fingerprint density at radius 2 is 2.29 bits per heavy atom. The molecule has 0 aliphatic carbocycles. The summed E-state index contributed by atoms with van der Waals surface area (Å²) < 4.78 is 0. The molecule has 0 aromatic carbocycles. The summed E-state index contributed by atoms with van der Waals surface area (Å²) in [6.07, 6.45) is 2.07. The summed E-state index contributed by atoms with van der Waals surface area (Å²) in [4.78, 5) is 7.73. The van der Waals surface area contributed by atoms with Gasteiger partial charge in [0.05, 0.1) is 5.60 Å². The Labute approximate surface area is 83.4 Å². The van der Waals surface area contributed by atoms with Crippen LogP contribution in [0.3, 0.4) is 0 Å². The van der Waals surface area contributed by atoms with E-state index in [1.165, 1.54) is 6.33 Å². The zero-order valence-corrected chi connectivity index (χ0v) is 8.49. The highest BCUT2D eigenvalue weighted by molar-refractivity contribution is 5.43. The van der Waals surface area contributed by atoms with E-state index in [-0.39, 0.29) is 0 Å². The summed E-state index contributed by atoms with van der Waals surface area (Å²) in [6, 6.07) is 1.63. The van der Waals surface area contributed by atoms with Crippen LogP contribution in [0.5, 0.6) is 0 Å². The summed E-state index contributed by atoms with van der Waals surface area (Å²) in [6.45, 7) is 4.14. The maximum atomic E-state index is 9.72. The minimum atomic E-state index is -0.723. The average Bonchev–Trinajstić information content (AvgIpc) is 2.15. The normalized spacial score (nSPS) is 14.8. The molecule has 5 heteroatoms. The van der Waals surface area contributed by atoms with E-state index in [2.05, 4.69) is 15.3 Å². The summed E-state index contributed by atoms with van der Waals surface area (Å²) in [5, 5.41) is 12.7. The highest BCUT2D eigenvalue weighted by Crippen LogP contribution is 2.11. The van der Waals surface area contributed by atoms with Gasteiger partial charge in [-0.25, -0.2) is 9.97 Å². The fraction of sp³-hybridized carbons (Fsp3) is 0.556. The van der Waals surface area contributed by atoms with Gasteiger partial charge in [0.1, 0.15) is 18.0 Å². The molecule has 0 aliphatic heterocycles. The van der Waals surface area contributed by atoms with E-state index < -0.39 is 5.60 Å². The summed E-state index contributed by atoms with van der Waals surface area (Å²) in [5.41, 5.74) is 4.75. The molecule has 0 spiro atoms. The highest BCUT2D eigenvalue weighted by Gasteiger charge is 2.16. The first-order valence-electron chi connectivity index (χ1n) is 4.57. The van der Waals surface area contributed by atoms with Gasteiger partial charge >= 0.3 is 0 Å². The lowest BCUT2D eigenvalue weighted by atomic mass is 10.0. The van der Waals surface area contributed by atoms with Crippen molar-refractivity contribution in [3.8, 4) is 0 Å². The molecule has 0 saturated heterocycles. The first-order chi connectivity index (χ1) is 6.53. The average molecular weight is 196 g/mol. The molecule has 1 unspecified atom stereocenters. The molecule has 1 atom stereocenters. The van der Waals surface area contributed by atoms with Crippen molar-refractivity contribution in [2.24, 2.45) is 0 Å². The van der Waals surface area contributed by atoms with Gasteiger partial charge < -0.3 is 16.2 Å². The second-order valence-corrected chi connectivity index (χ2v) is 3.53. The molecule has 0 aliphatic rings. The van der Waals surface area contributed by atoms with Crippen LogP contribution in [0.4, 0.5) is 11.6 Å². The van der Waals surface area contributed by atoms with Gasteiger partial charge in [0.25, 0.3) is 0 Å². The lowest BCUT2D eigenvalue weighted by molar-refractivity contribution is 0.0696. The molecule has 1 aromatic rings. The molecule has 14 heavy (non-hydrogen) atoms. The summed E-state index contributed by atoms with van der Waals surface area (Å²) in [5.74, 6) is 1.05. The van der Waals surface area contributed by atoms with Gasteiger partial charge in [0.2, 0.25) is 0 Å². The molecule has 0 radical (unpaired) electrons. The van der Waals surface area contributed by atoms with Crippen LogP contribution in [0.1, 0.15) is 20.3 Å². The minimum Gasteiger partial charge on any atom is -0.388 e. The number of nitrogen functional groups attached to an aromatic ring is 1. The van der Waals surface area contributed by atoms with Crippen molar-refractivity contribution in [1.82, 2.24) is 9.97 Å². The predicted octanol–water partition coefficient (Wildman–Crippen LogP) is 0.632. The van der Waals surface area contributed by atoms with Gasteiger partial charge in [0, 0.05) is 12.6 Å². The lowest BCUT2D eigenvalue weighted by Crippen LogP contribution is -2.32. The Hall–Kier alpha value is -1.36. The number of nitrogens with zero attached hydrogens (tertiary/aromatic N) is 2. The Balaban J connectivity index is 2.54. The number of aromatic nitrogens is 2. The van der Waals surface area contributed by atoms with Crippen LogP contribution in [-0.4, -0.2) is 27.2 Å². The summed E-state index contributed by atoms with van der Waals surface area (Å²) >= 11 is 0. The predicted molar refractivity (Wildman–Crippen MR) is 55.8 cm³/mol. The lowest BCUT2D eigenvalue weighted by Gasteiger charge is -2.21. The highest BCUT2D eigenvalue weighted by atomic mass is 16.3. The van der Waals surface area contributed by atoms with E-state index in [0.717, 1.165) is 0 Å². The van der Waals surface area contributed by atoms with Gasteiger partial charge in [-0.2, -0.15) is 0 Å². The standard InChI is InChI=1S/C9H16N4O/c1-3-9(2,14)5-11-8-4-7(10)12-6-13-8/h4,6,14H,3,5H2,1-2H3,(H3,10,11,12,13). The van der Waals surface area contributed by atoms with Crippen molar-refractivity contribution >= 4 is 11.6 Å². The van der Waals surface area contributed by atoms with E-state index in [1.807, 2.05) is 6.92 Å². The smallest absolute Gasteiger partial charge is 0.131 e. The van der Waals surface area contributed by atoms with E-state index in [4.69, 9.17) is 5.73 Å². The fourth-order valence-corrected chi connectivity index (χ4v) is 0.875. The SMILES string of the molecule is CCC(C)(O)CNc1cc(N)ncn1. The van der Waals surface area contributed by atoms with Crippen molar-refractivity contribution < 1.29 is 5.11 Å². The molecule has 0 saturated carbocycles. The third-order valence-electron chi connectivity index (χ3n) is 2.10. The Morgan fingerprint density at radius 3 is 2.86 bits per heavy atom. The van der Waals surface area contributed by atoms with Gasteiger partial charge in [-0.3, -0.25) is 0 Å². The van der Waals surface area contributed by atoms with E-state index in [0.29, 0.717) is 24.6 Å². The molecule has 5 nitrogen and oxygen atoms in total. The quantitative estimate of drug-likeness (QED) is 0.657. The molecule has 0 fully saturated rings. The molecule has 1 rings (SSSR count). The van der Waals surface area contributed by atoms with Crippen LogP contribution in [0.25, 0.3) is 0 Å². The van der Waals surface area contributed by atoms with Gasteiger partial charge in [-0.1, -0.05) is 6.92 Å². The number of anilines is 2. The largest absolute Gasteiger partial charge is 0.388 e. The number of aliphatic hydroxyl groups is 1. The topological polar surface area (TPSA) is 84.1 Å². The Bertz CT molecular complexity index is 301. The molecule has 4 N–H and O–H groups in total. The van der Waals surface area contributed by atoms with Crippen LogP contribution >= 0.6 is 0 Å². The maximum absolute atomic E-state index is 9.72. The third kappa shape index (κ3) is 3.18. The molecular weight excluding hydrogens is 180 g/mol. The maximum Gasteiger partial charge on any atom is 0.131 e. The van der Waals surface area contributed by atoms with E-state index in [1.54, 1.807) is 13.0 Å². The number of hydrogen-bond donors (Lipinski definition) is 3. The second kappa shape index (κ2) is 4.23. The minimum absolute atomic E-state index is 0.415. The van der Waals surface area contributed by atoms with Crippen molar-refractivity contribution in [2.75, 3.05) is 17.6 Å². The van der Waals surface area contributed by atoms with Crippen LogP contribution in [0, 0.1) is 0 Å². The van der Waals surface area contributed by atoms with E-state index in [9.17, 15) is 5.11 Å². The molecule has 0 amide bonds. The molecule has 78 valence electrons. The van der Waals surface area contributed by atoms with Crippen LogP contribution in [0.2, 0.25) is 0 Å². The zero-order chi connectivity index (χ0) is 10.6. The molecule has 1 aromatic heterocycles. The van der Waals surface area contributed by atoms with Crippen molar-refractivity contribution in [3.05, 3.63) is 12.4 Å². The summed E-state index contributed by atoms with van der Waals surface area (Å²) in [7, 11) is 0. The van der Waals surface area contributed by atoms with Crippen LogP contribution in [-0.2, 0) is 0 Å². The fourth-order valence-electron chi connectivity index (χ4n) is 0.875. The van der Waals surface area contributed by atoms with Crippen molar-refractivity contribution in [2.45, 2.75) is 25.9 Å². The Kier molecular flexibility index (Phi) is 3.24. The zero-order valence-electron chi connectivity index (χ0n) is 8.49. The van der Waals surface area contributed by atoms with Gasteiger partial charge in [-0.05, 0) is 13.3 Å². The number of hydrogen-bond acceptors (Lipinski definition) is 5. The van der Waals surface area contributed by atoms with E-state index >= 15 is 0 Å². The molecule has 0 bridgehead atoms. The Morgan fingerprint density at radius 1 is 1.57 bits per heavy atom. The first-order valence-corrected chi connectivity index (χ1v) is 4.57. The van der Waals surface area contributed by atoms with Crippen molar-refractivity contribution in [3.63, 3.8) is 0 Å². The van der Waals surface area contributed by atoms with Crippen LogP contribution < -0.4 is 11.1 Å². The second-order valence-electron chi connectivity index (χ2n) is 3.53. The molecule has 1 heterocycles. The number of nitrogens with one attached hydrogen (secondary N) is 1. The van der Waals surface area contributed by atoms with Gasteiger partial charge in [0.15, 0.2) is 0 Å². The number of nitrogens with two attached hydrogens (primary N) is 1. The molecular formula is C9H16N4O. The third-order valence-corrected chi connectivity index (χ3v) is 2.10. The van der Waals surface area contributed by atoms with Crippen molar-refractivity contribution in [1.29, 1.82) is 0 Å². The number of rotatable bonds is 4.